The highest BCUT2D eigenvalue weighted by Gasteiger charge is 2.30. The van der Waals surface area contributed by atoms with Crippen LogP contribution in [0, 0.1) is 0 Å². The summed E-state index contributed by atoms with van der Waals surface area (Å²) in [6.07, 6.45) is 3.96. The molecule has 1 aliphatic heterocycles. The third-order valence-electron chi connectivity index (χ3n) is 3.92. The smallest absolute Gasteiger partial charge is 0.260 e. The van der Waals surface area contributed by atoms with Crippen molar-refractivity contribution in [2.45, 2.75) is 25.6 Å². The zero-order chi connectivity index (χ0) is 15.5. The third-order valence-corrected chi connectivity index (χ3v) is 3.92. The summed E-state index contributed by atoms with van der Waals surface area (Å²) in [5.74, 6) is 0.0978. The van der Waals surface area contributed by atoms with Crippen LogP contribution in [0.3, 0.4) is 0 Å². The van der Waals surface area contributed by atoms with Crippen LogP contribution in [0.15, 0.2) is 30.6 Å². The highest BCUT2D eigenvalue weighted by molar-refractivity contribution is 5.96. The van der Waals surface area contributed by atoms with Gasteiger partial charge in [-0.15, -0.1) is 0 Å². The number of hydrogen-bond donors (Lipinski definition) is 1. The molecule has 1 amide bonds. The normalized spacial score (nSPS) is 17.7. The minimum atomic E-state index is -0.251. The van der Waals surface area contributed by atoms with E-state index >= 15 is 0 Å². The summed E-state index contributed by atoms with van der Waals surface area (Å²) >= 11 is 0. The summed E-state index contributed by atoms with van der Waals surface area (Å²) in [6.45, 7) is 1.00. The number of aliphatic hydroxyl groups is 1. The molecule has 0 fully saturated rings. The minimum Gasteiger partial charge on any atom is -0.480 e. The van der Waals surface area contributed by atoms with Crippen LogP contribution in [-0.2, 0) is 13.1 Å². The molecule has 1 atom stereocenters. The van der Waals surface area contributed by atoms with Gasteiger partial charge < -0.3 is 14.7 Å². The quantitative estimate of drug-likeness (QED) is 0.902. The number of pyridine rings is 1. The van der Waals surface area contributed by atoms with Crippen molar-refractivity contribution in [3.8, 4) is 5.88 Å². The largest absolute Gasteiger partial charge is 0.480 e. The van der Waals surface area contributed by atoms with Gasteiger partial charge >= 0.3 is 0 Å². The standard InChI is InChI=1S/C15H18N4O3/c1-22-14-13(3-2-6-16-14)15(21)18-9-11-4-7-17-19(11)8-5-12(18)10-20/h2-4,6-7,12,20H,5,8-10H2,1H3/t12-/m1/s1. The fourth-order valence-electron chi connectivity index (χ4n) is 2.72. The molecular weight excluding hydrogens is 284 g/mol. The van der Waals surface area contributed by atoms with Crippen LogP contribution in [0.1, 0.15) is 22.5 Å². The number of nitrogens with zero attached hydrogens (tertiary/aromatic N) is 4. The van der Waals surface area contributed by atoms with Crippen LogP contribution < -0.4 is 4.74 Å². The summed E-state index contributed by atoms with van der Waals surface area (Å²) in [7, 11) is 1.49. The van der Waals surface area contributed by atoms with Gasteiger partial charge in [0.05, 0.1) is 32.0 Å². The number of aliphatic hydroxyl groups excluding tert-OH is 1. The highest BCUT2D eigenvalue weighted by atomic mass is 16.5. The third kappa shape index (κ3) is 2.55. The van der Waals surface area contributed by atoms with Crippen molar-refractivity contribution in [2.75, 3.05) is 13.7 Å². The molecule has 2 aromatic rings. The molecule has 0 saturated heterocycles. The first-order valence-electron chi connectivity index (χ1n) is 7.16. The molecule has 0 aliphatic carbocycles. The number of carbonyl (C=O) groups is 1. The molecule has 0 bridgehead atoms. The molecular formula is C15H18N4O3. The molecule has 7 nitrogen and oxygen atoms in total. The molecule has 0 spiro atoms. The molecule has 3 heterocycles. The number of amides is 1. The number of methoxy groups -OCH3 is 1. The van der Waals surface area contributed by atoms with E-state index in [-0.39, 0.29) is 18.6 Å². The maximum Gasteiger partial charge on any atom is 0.260 e. The number of aromatic nitrogens is 3. The second kappa shape index (κ2) is 6.15. The SMILES string of the molecule is COc1ncccc1C(=O)N1Cc2ccnn2CC[C@@H]1CO. The maximum atomic E-state index is 12.9. The number of hydrogen-bond acceptors (Lipinski definition) is 5. The van der Waals surface area contributed by atoms with Crippen LogP contribution in [0.4, 0.5) is 0 Å². The molecule has 22 heavy (non-hydrogen) atoms. The van der Waals surface area contributed by atoms with Gasteiger partial charge in [-0.05, 0) is 24.6 Å². The first-order valence-corrected chi connectivity index (χ1v) is 7.16. The van der Waals surface area contributed by atoms with E-state index in [0.717, 1.165) is 5.69 Å². The first kappa shape index (κ1) is 14.5. The topological polar surface area (TPSA) is 80.5 Å². The summed E-state index contributed by atoms with van der Waals surface area (Å²) in [5, 5.41) is 13.9. The van der Waals surface area contributed by atoms with E-state index < -0.39 is 0 Å². The van der Waals surface area contributed by atoms with Gasteiger partial charge in [-0.2, -0.15) is 5.10 Å². The minimum absolute atomic E-state index is 0.0842. The summed E-state index contributed by atoms with van der Waals surface area (Å²) in [5.41, 5.74) is 1.35. The molecule has 1 aliphatic rings. The predicted octanol–water partition coefficient (Wildman–Crippen LogP) is 0.694. The highest BCUT2D eigenvalue weighted by Crippen LogP contribution is 2.23. The van der Waals surface area contributed by atoms with Crippen molar-refractivity contribution in [2.24, 2.45) is 0 Å². The Kier molecular flexibility index (Phi) is 4.06. The van der Waals surface area contributed by atoms with Crippen molar-refractivity contribution in [3.05, 3.63) is 41.9 Å². The van der Waals surface area contributed by atoms with Crippen LogP contribution in [0.2, 0.25) is 0 Å². The Bertz CT molecular complexity index is 670. The lowest BCUT2D eigenvalue weighted by atomic mass is 10.1. The van der Waals surface area contributed by atoms with Gasteiger partial charge in [-0.1, -0.05) is 0 Å². The first-order chi connectivity index (χ1) is 10.7. The summed E-state index contributed by atoms with van der Waals surface area (Å²) in [4.78, 5) is 18.6. The second-order valence-corrected chi connectivity index (χ2v) is 5.16. The molecule has 1 N–H and O–H groups in total. The Morgan fingerprint density at radius 2 is 2.32 bits per heavy atom. The van der Waals surface area contributed by atoms with Crippen molar-refractivity contribution in [1.29, 1.82) is 0 Å². The molecule has 3 rings (SSSR count). The Balaban J connectivity index is 1.95. The molecule has 116 valence electrons. The lowest BCUT2D eigenvalue weighted by Crippen LogP contribution is -2.41. The van der Waals surface area contributed by atoms with Gasteiger partial charge in [-0.3, -0.25) is 9.48 Å². The van der Waals surface area contributed by atoms with Gasteiger partial charge in [0.2, 0.25) is 5.88 Å². The molecule has 0 aromatic carbocycles. The monoisotopic (exact) mass is 302 g/mol. The zero-order valence-corrected chi connectivity index (χ0v) is 12.3. The maximum absolute atomic E-state index is 12.9. The van der Waals surface area contributed by atoms with Crippen LogP contribution in [0.5, 0.6) is 5.88 Å². The van der Waals surface area contributed by atoms with E-state index in [1.165, 1.54) is 7.11 Å². The Hall–Kier alpha value is -2.41. The van der Waals surface area contributed by atoms with E-state index in [4.69, 9.17) is 4.74 Å². The number of fused-ring (bicyclic) bond motifs is 1. The Morgan fingerprint density at radius 1 is 1.45 bits per heavy atom. The lowest BCUT2D eigenvalue weighted by Gasteiger charge is -2.28. The molecule has 0 radical (unpaired) electrons. The molecule has 2 aromatic heterocycles. The molecule has 0 saturated carbocycles. The zero-order valence-electron chi connectivity index (χ0n) is 12.3. The molecule has 7 heteroatoms. The predicted molar refractivity (Wildman–Crippen MR) is 78.4 cm³/mol. The fourth-order valence-corrected chi connectivity index (χ4v) is 2.72. The fraction of sp³-hybridized carbons (Fsp3) is 0.400. The summed E-state index contributed by atoms with van der Waals surface area (Å²) < 4.78 is 7.04. The van der Waals surface area contributed by atoms with Crippen molar-refractivity contribution < 1.29 is 14.6 Å². The van der Waals surface area contributed by atoms with E-state index in [0.29, 0.717) is 31.0 Å². The lowest BCUT2D eigenvalue weighted by molar-refractivity contribution is 0.0564. The van der Waals surface area contributed by atoms with Gasteiger partial charge in [0, 0.05) is 18.9 Å². The molecule has 0 unspecified atom stereocenters. The van der Waals surface area contributed by atoms with Gasteiger partial charge in [0.15, 0.2) is 0 Å². The van der Waals surface area contributed by atoms with E-state index in [1.54, 1.807) is 29.4 Å². The van der Waals surface area contributed by atoms with Crippen molar-refractivity contribution >= 4 is 5.91 Å². The number of ether oxygens (including phenoxy) is 1. The number of rotatable bonds is 3. The van der Waals surface area contributed by atoms with Crippen LogP contribution in [-0.4, -0.2) is 50.4 Å². The number of carbonyl (C=O) groups excluding carboxylic acids is 1. The number of aryl methyl sites for hydroxylation is 1. The van der Waals surface area contributed by atoms with Crippen molar-refractivity contribution in [1.82, 2.24) is 19.7 Å². The average Bonchev–Trinajstić information content (AvgIpc) is 2.93. The Morgan fingerprint density at radius 3 is 3.09 bits per heavy atom. The van der Waals surface area contributed by atoms with Crippen LogP contribution >= 0.6 is 0 Å². The van der Waals surface area contributed by atoms with Crippen molar-refractivity contribution in [3.63, 3.8) is 0 Å². The van der Waals surface area contributed by atoms with Gasteiger partial charge in [-0.25, -0.2) is 4.98 Å². The Labute approximate surface area is 128 Å². The van der Waals surface area contributed by atoms with E-state index in [1.807, 2.05) is 10.7 Å². The van der Waals surface area contributed by atoms with E-state index in [9.17, 15) is 9.90 Å². The van der Waals surface area contributed by atoms with Gasteiger partial charge in [0.25, 0.3) is 5.91 Å². The van der Waals surface area contributed by atoms with E-state index in [2.05, 4.69) is 10.1 Å². The average molecular weight is 302 g/mol. The van der Waals surface area contributed by atoms with Gasteiger partial charge in [0.1, 0.15) is 5.56 Å². The summed E-state index contributed by atoms with van der Waals surface area (Å²) in [6, 6.07) is 5.02. The van der Waals surface area contributed by atoms with Crippen LogP contribution in [0.25, 0.3) is 0 Å². The second-order valence-electron chi connectivity index (χ2n) is 5.16.